The maximum Gasteiger partial charge on any atom is 0.213 e. The molecule has 0 aliphatic heterocycles. The standard InChI is InChI=1S/C14H14ClFN2O/c1-2-19-14-4-3-13(9-18-14)17-8-10-5-11(15)7-12(16)6-10/h3-7,9,17H,2,8H2,1H3. The van der Waals surface area contributed by atoms with Crippen LogP contribution in [-0.2, 0) is 6.54 Å². The van der Waals surface area contributed by atoms with Gasteiger partial charge in [0.2, 0.25) is 5.88 Å². The van der Waals surface area contributed by atoms with E-state index in [1.165, 1.54) is 12.1 Å². The molecular weight excluding hydrogens is 267 g/mol. The van der Waals surface area contributed by atoms with Crippen LogP contribution >= 0.6 is 11.6 Å². The summed E-state index contributed by atoms with van der Waals surface area (Å²) in [7, 11) is 0. The van der Waals surface area contributed by atoms with Crippen molar-refractivity contribution in [3.63, 3.8) is 0 Å². The highest BCUT2D eigenvalue weighted by atomic mass is 35.5. The molecule has 1 heterocycles. The number of hydrogen-bond donors (Lipinski definition) is 1. The Hall–Kier alpha value is -1.81. The molecule has 19 heavy (non-hydrogen) atoms. The van der Waals surface area contributed by atoms with E-state index in [1.54, 1.807) is 18.3 Å². The highest BCUT2D eigenvalue weighted by Crippen LogP contribution is 2.16. The molecule has 0 saturated heterocycles. The summed E-state index contributed by atoms with van der Waals surface area (Å²) in [5.41, 5.74) is 1.61. The molecule has 0 spiro atoms. The lowest BCUT2D eigenvalue weighted by Crippen LogP contribution is -2.01. The third-order valence-electron chi connectivity index (χ3n) is 2.45. The summed E-state index contributed by atoms with van der Waals surface area (Å²) in [6.45, 7) is 2.97. The summed E-state index contributed by atoms with van der Waals surface area (Å²) < 4.78 is 18.4. The van der Waals surface area contributed by atoms with Crippen molar-refractivity contribution in [3.05, 3.63) is 52.9 Å². The van der Waals surface area contributed by atoms with Crippen LogP contribution in [0.2, 0.25) is 5.02 Å². The fourth-order valence-electron chi connectivity index (χ4n) is 1.64. The summed E-state index contributed by atoms with van der Waals surface area (Å²) in [5.74, 6) is 0.246. The number of anilines is 1. The van der Waals surface area contributed by atoms with Gasteiger partial charge in [-0.3, -0.25) is 0 Å². The highest BCUT2D eigenvalue weighted by Gasteiger charge is 2.00. The molecule has 0 saturated carbocycles. The highest BCUT2D eigenvalue weighted by molar-refractivity contribution is 6.30. The monoisotopic (exact) mass is 280 g/mol. The molecular formula is C14H14ClFN2O. The number of nitrogens with zero attached hydrogens (tertiary/aromatic N) is 1. The Bertz CT molecular complexity index is 525. The number of benzene rings is 1. The Morgan fingerprint density at radius 2 is 2.16 bits per heavy atom. The molecule has 0 aliphatic rings. The summed E-state index contributed by atoms with van der Waals surface area (Å²) in [5, 5.41) is 3.53. The van der Waals surface area contributed by atoms with Crippen molar-refractivity contribution < 1.29 is 9.13 Å². The normalized spacial score (nSPS) is 10.3. The Morgan fingerprint density at radius 1 is 1.32 bits per heavy atom. The minimum Gasteiger partial charge on any atom is -0.478 e. The lowest BCUT2D eigenvalue weighted by molar-refractivity contribution is 0.327. The summed E-state index contributed by atoms with van der Waals surface area (Å²) >= 11 is 5.79. The Morgan fingerprint density at radius 3 is 2.79 bits per heavy atom. The van der Waals surface area contributed by atoms with Gasteiger partial charge in [-0.25, -0.2) is 9.37 Å². The number of hydrogen-bond acceptors (Lipinski definition) is 3. The molecule has 2 aromatic rings. The smallest absolute Gasteiger partial charge is 0.213 e. The van der Waals surface area contributed by atoms with E-state index >= 15 is 0 Å². The van der Waals surface area contributed by atoms with Crippen LogP contribution in [0.4, 0.5) is 10.1 Å². The van der Waals surface area contributed by atoms with Crippen LogP contribution in [0.25, 0.3) is 0 Å². The van der Waals surface area contributed by atoms with Gasteiger partial charge in [0.05, 0.1) is 18.5 Å². The number of pyridine rings is 1. The second-order valence-electron chi connectivity index (χ2n) is 3.95. The minimum absolute atomic E-state index is 0.339. The number of ether oxygens (including phenoxy) is 1. The van der Waals surface area contributed by atoms with Crippen LogP contribution in [0.5, 0.6) is 5.88 Å². The fraction of sp³-hybridized carbons (Fsp3) is 0.214. The molecule has 0 amide bonds. The van der Waals surface area contributed by atoms with E-state index in [9.17, 15) is 4.39 Å². The van der Waals surface area contributed by atoms with Crippen molar-refractivity contribution >= 4 is 17.3 Å². The van der Waals surface area contributed by atoms with Crippen LogP contribution in [0, 0.1) is 5.82 Å². The van der Waals surface area contributed by atoms with E-state index in [0.29, 0.717) is 24.1 Å². The average Bonchev–Trinajstić information content (AvgIpc) is 2.37. The van der Waals surface area contributed by atoms with Crippen molar-refractivity contribution in [1.29, 1.82) is 0 Å². The molecule has 0 radical (unpaired) electrons. The van der Waals surface area contributed by atoms with Crippen LogP contribution in [0.1, 0.15) is 12.5 Å². The van der Waals surface area contributed by atoms with Gasteiger partial charge >= 0.3 is 0 Å². The quantitative estimate of drug-likeness (QED) is 0.902. The maximum atomic E-state index is 13.2. The zero-order valence-corrected chi connectivity index (χ0v) is 11.2. The van der Waals surface area contributed by atoms with Crippen molar-refractivity contribution in [1.82, 2.24) is 4.98 Å². The van der Waals surface area contributed by atoms with Gasteiger partial charge in [-0.05, 0) is 36.8 Å². The molecule has 1 aromatic carbocycles. The summed E-state index contributed by atoms with van der Waals surface area (Å²) in [6, 6.07) is 8.09. The average molecular weight is 281 g/mol. The van der Waals surface area contributed by atoms with Gasteiger partial charge < -0.3 is 10.1 Å². The van der Waals surface area contributed by atoms with Gasteiger partial charge in [-0.15, -0.1) is 0 Å². The van der Waals surface area contributed by atoms with Crippen molar-refractivity contribution in [2.24, 2.45) is 0 Å². The molecule has 0 unspecified atom stereocenters. The van der Waals surface area contributed by atoms with Crippen LogP contribution in [0.3, 0.4) is 0 Å². The lowest BCUT2D eigenvalue weighted by atomic mass is 10.2. The molecule has 1 N–H and O–H groups in total. The molecule has 0 fully saturated rings. The number of halogens is 2. The molecule has 100 valence electrons. The van der Waals surface area contributed by atoms with Gasteiger partial charge in [-0.1, -0.05) is 11.6 Å². The third kappa shape index (κ3) is 4.10. The first-order valence-electron chi connectivity index (χ1n) is 5.95. The lowest BCUT2D eigenvalue weighted by Gasteiger charge is -2.08. The number of nitrogens with one attached hydrogen (secondary N) is 1. The van der Waals surface area contributed by atoms with Gasteiger partial charge in [0.1, 0.15) is 5.82 Å². The SMILES string of the molecule is CCOc1ccc(NCc2cc(F)cc(Cl)c2)cn1. The molecule has 0 atom stereocenters. The Kier molecular flexibility index (Phi) is 4.58. The van der Waals surface area contributed by atoms with Crippen molar-refractivity contribution in [2.75, 3.05) is 11.9 Å². The fourth-order valence-corrected chi connectivity index (χ4v) is 1.88. The van der Waals surface area contributed by atoms with E-state index in [4.69, 9.17) is 16.3 Å². The molecule has 0 aliphatic carbocycles. The van der Waals surface area contributed by atoms with Gasteiger partial charge in [0.25, 0.3) is 0 Å². The van der Waals surface area contributed by atoms with Crippen LogP contribution in [0.15, 0.2) is 36.5 Å². The van der Waals surface area contributed by atoms with E-state index in [2.05, 4.69) is 10.3 Å². The topological polar surface area (TPSA) is 34.1 Å². The van der Waals surface area contributed by atoms with Gasteiger partial charge in [0.15, 0.2) is 0 Å². The largest absolute Gasteiger partial charge is 0.478 e. The summed E-state index contributed by atoms with van der Waals surface area (Å²) in [4.78, 5) is 4.13. The third-order valence-corrected chi connectivity index (χ3v) is 2.67. The zero-order valence-electron chi connectivity index (χ0n) is 10.5. The van der Waals surface area contributed by atoms with Crippen molar-refractivity contribution in [3.8, 4) is 5.88 Å². The first kappa shape index (κ1) is 13.6. The first-order valence-corrected chi connectivity index (χ1v) is 6.33. The number of aromatic nitrogens is 1. The van der Waals surface area contributed by atoms with E-state index in [0.717, 1.165) is 11.3 Å². The number of rotatable bonds is 5. The van der Waals surface area contributed by atoms with E-state index < -0.39 is 0 Å². The van der Waals surface area contributed by atoms with Gasteiger partial charge in [0, 0.05) is 17.6 Å². The molecule has 5 heteroatoms. The van der Waals surface area contributed by atoms with Gasteiger partial charge in [-0.2, -0.15) is 0 Å². The zero-order chi connectivity index (χ0) is 13.7. The molecule has 0 bridgehead atoms. The Balaban J connectivity index is 1.98. The second-order valence-corrected chi connectivity index (χ2v) is 4.39. The maximum absolute atomic E-state index is 13.2. The van der Waals surface area contributed by atoms with E-state index in [-0.39, 0.29) is 5.82 Å². The predicted molar refractivity (Wildman–Crippen MR) is 74.1 cm³/mol. The van der Waals surface area contributed by atoms with Crippen molar-refractivity contribution in [2.45, 2.75) is 13.5 Å². The minimum atomic E-state index is -0.339. The molecule has 1 aromatic heterocycles. The van der Waals surface area contributed by atoms with Crippen LogP contribution in [-0.4, -0.2) is 11.6 Å². The second kappa shape index (κ2) is 6.38. The van der Waals surface area contributed by atoms with E-state index in [1.807, 2.05) is 13.0 Å². The molecule has 3 nitrogen and oxygen atoms in total. The summed E-state index contributed by atoms with van der Waals surface area (Å²) in [6.07, 6.45) is 1.67. The van der Waals surface area contributed by atoms with Crippen LogP contribution < -0.4 is 10.1 Å². The molecule has 2 rings (SSSR count). The first-order chi connectivity index (χ1) is 9.17. The Labute approximate surface area is 116 Å². The predicted octanol–water partition coefficient (Wildman–Crippen LogP) is 3.88.